The molecule has 17 nitrogen and oxygen atoms in total. The molecule has 0 spiro atoms. The van der Waals surface area contributed by atoms with Gasteiger partial charge in [0.1, 0.15) is 19.3 Å². The standard InChI is InChI=1S/C80H156O17P2/c1-70(2)56-48-40-32-25-19-15-13-11-9-10-12-14-16-21-29-37-46-54-62-79(84)97-76(67-91-78(83)61-53-45-39-31-35-43-51-59-73(7)8)69-95-99(88,89)93-65-74(81)64-92-98(86,87)94-68-75(66-90-77(82)60-52-44-36-28-24-23-27-34-42-50-58-72(5)6)96-80(85)63-55-47-38-30-22-18-17-20-26-33-41-49-57-71(3)4/h70-76,81H,9-69H2,1-8H3,(H,86,87)(H,88,89)/t74?,75-,76-/m1/s1. The molecular formula is C80H156O17P2. The van der Waals surface area contributed by atoms with Crippen molar-refractivity contribution in [2.45, 2.75) is 427 Å². The van der Waals surface area contributed by atoms with Crippen LogP contribution >= 0.6 is 15.6 Å². The van der Waals surface area contributed by atoms with Gasteiger partial charge in [-0.3, -0.25) is 37.3 Å². The van der Waals surface area contributed by atoms with E-state index in [9.17, 15) is 43.2 Å². The van der Waals surface area contributed by atoms with Crippen molar-refractivity contribution in [2.75, 3.05) is 39.6 Å². The van der Waals surface area contributed by atoms with E-state index in [0.29, 0.717) is 31.6 Å². The molecule has 0 aliphatic carbocycles. The Kier molecular flexibility index (Phi) is 67.8. The van der Waals surface area contributed by atoms with Crippen LogP contribution in [0, 0.1) is 23.7 Å². The molecule has 0 heterocycles. The predicted octanol–water partition coefficient (Wildman–Crippen LogP) is 23.6. The Morgan fingerprint density at radius 1 is 0.253 bits per heavy atom. The summed E-state index contributed by atoms with van der Waals surface area (Å²) in [5.74, 6) is 0.944. The second-order valence-corrected chi connectivity index (χ2v) is 33.6. The molecule has 0 aliphatic heterocycles. The Bertz CT molecular complexity index is 1940. The van der Waals surface area contributed by atoms with Gasteiger partial charge in [-0.25, -0.2) is 9.13 Å². The van der Waals surface area contributed by atoms with Gasteiger partial charge in [-0.2, -0.15) is 0 Å². The minimum Gasteiger partial charge on any atom is -0.462 e. The Morgan fingerprint density at radius 3 is 0.626 bits per heavy atom. The first-order chi connectivity index (χ1) is 47.6. The first kappa shape index (κ1) is 97.1. The quantitative estimate of drug-likeness (QED) is 0.0222. The second-order valence-electron chi connectivity index (χ2n) is 30.7. The molecule has 0 bridgehead atoms. The minimum absolute atomic E-state index is 0.106. The molecule has 0 radical (unpaired) electrons. The molecule has 0 fully saturated rings. The van der Waals surface area contributed by atoms with Crippen LogP contribution in [0.25, 0.3) is 0 Å². The lowest BCUT2D eigenvalue weighted by atomic mass is 10.0. The number of phosphoric acid groups is 2. The highest BCUT2D eigenvalue weighted by molar-refractivity contribution is 7.47. The molecule has 0 aromatic rings. The van der Waals surface area contributed by atoms with Gasteiger partial charge in [0.2, 0.25) is 0 Å². The van der Waals surface area contributed by atoms with E-state index in [1.165, 1.54) is 205 Å². The van der Waals surface area contributed by atoms with Crippen LogP contribution in [0.5, 0.6) is 0 Å². The normalized spacial score (nSPS) is 14.1. The van der Waals surface area contributed by atoms with Crippen molar-refractivity contribution in [3.05, 3.63) is 0 Å². The maximum absolute atomic E-state index is 13.1. The monoisotopic (exact) mass is 1450 g/mol. The SMILES string of the molecule is CC(C)CCCCCCCCCCCCCCCCCCCCC(=O)O[C@H](COC(=O)CCCCCCCCCC(C)C)COP(=O)(O)OCC(O)COP(=O)(O)OC[C@@H](COC(=O)CCCCCCCCCCCCC(C)C)OC(=O)CCCCCCCCCCCCCCC(C)C. The van der Waals surface area contributed by atoms with Crippen LogP contribution in [0.15, 0.2) is 0 Å². The van der Waals surface area contributed by atoms with Crippen molar-refractivity contribution >= 4 is 39.5 Å². The molecule has 0 aromatic heterocycles. The first-order valence-electron chi connectivity index (χ1n) is 41.2. The molecule has 0 saturated carbocycles. The zero-order valence-electron chi connectivity index (χ0n) is 65.1. The number of unbranched alkanes of at least 4 members (excludes halogenated alkanes) is 43. The summed E-state index contributed by atoms with van der Waals surface area (Å²) >= 11 is 0. The van der Waals surface area contributed by atoms with Gasteiger partial charge in [0.05, 0.1) is 26.4 Å². The first-order valence-corrected chi connectivity index (χ1v) is 44.2. The molecule has 3 unspecified atom stereocenters. The number of rotatable bonds is 77. The number of esters is 4. The van der Waals surface area contributed by atoms with Crippen molar-refractivity contribution in [3.8, 4) is 0 Å². The van der Waals surface area contributed by atoms with Gasteiger partial charge in [-0.1, -0.05) is 357 Å². The van der Waals surface area contributed by atoms with E-state index >= 15 is 0 Å². The number of hydrogen-bond acceptors (Lipinski definition) is 15. The fourth-order valence-corrected chi connectivity index (χ4v) is 13.8. The maximum Gasteiger partial charge on any atom is 0.472 e. The highest BCUT2D eigenvalue weighted by atomic mass is 31.2. The van der Waals surface area contributed by atoms with Gasteiger partial charge >= 0.3 is 39.5 Å². The van der Waals surface area contributed by atoms with Gasteiger partial charge in [0, 0.05) is 25.7 Å². The average molecular weight is 1450 g/mol. The van der Waals surface area contributed by atoms with E-state index in [4.69, 9.17) is 37.0 Å². The van der Waals surface area contributed by atoms with Crippen molar-refractivity contribution in [2.24, 2.45) is 23.7 Å². The van der Waals surface area contributed by atoms with E-state index in [2.05, 4.69) is 55.4 Å². The summed E-state index contributed by atoms with van der Waals surface area (Å²) < 4.78 is 68.7. The molecule has 0 aliphatic rings. The van der Waals surface area contributed by atoms with Gasteiger partial charge in [0.25, 0.3) is 0 Å². The average Bonchev–Trinajstić information content (AvgIpc) is 0.976. The summed E-state index contributed by atoms with van der Waals surface area (Å²) in [6.07, 6.45) is 55.6. The number of ether oxygens (including phenoxy) is 4. The molecule has 0 saturated heterocycles. The fraction of sp³-hybridized carbons (Fsp3) is 0.950. The van der Waals surface area contributed by atoms with Crippen LogP contribution in [0.3, 0.4) is 0 Å². The molecule has 588 valence electrons. The summed E-state index contributed by atoms with van der Waals surface area (Å²) in [6.45, 7) is 14.2. The third kappa shape index (κ3) is 74.1. The fourth-order valence-electron chi connectivity index (χ4n) is 12.3. The van der Waals surface area contributed by atoms with E-state index in [0.717, 1.165) is 114 Å². The van der Waals surface area contributed by atoms with E-state index in [-0.39, 0.29) is 25.7 Å². The molecule has 19 heteroatoms. The smallest absolute Gasteiger partial charge is 0.462 e. The highest BCUT2D eigenvalue weighted by Gasteiger charge is 2.30. The lowest BCUT2D eigenvalue weighted by molar-refractivity contribution is -0.161. The Balaban J connectivity index is 5.20. The summed E-state index contributed by atoms with van der Waals surface area (Å²) in [5.41, 5.74) is 0. The van der Waals surface area contributed by atoms with Crippen molar-refractivity contribution in [1.82, 2.24) is 0 Å². The van der Waals surface area contributed by atoms with E-state index in [1.54, 1.807) is 0 Å². The number of aliphatic hydroxyl groups is 1. The summed E-state index contributed by atoms with van der Waals surface area (Å²) in [6, 6.07) is 0. The largest absolute Gasteiger partial charge is 0.472 e. The Morgan fingerprint density at radius 2 is 0.424 bits per heavy atom. The lowest BCUT2D eigenvalue weighted by Gasteiger charge is -2.21. The van der Waals surface area contributed by atoms with E-state index in [1.807, 2.05) is 0 Å². The van der Waals surface area contributed by atoms with Crippen LogP contribution in [-0.2, 0) is 65.4 Å². The number of hydrogen-bond donors (Lipinski definition) is 3. The van der Waals surface area contributed by atoms with Crippen LogP contribution in [-0.4, -0.2) is 96.7 Å². The molecule has 0 aromatic carbocycles. The van der Waals surface area contributed by atoms with Gasteiger partial charge in [0.15, 0.2) is 12.2 Å². The maximum atomic E-state index is 13.1. The van der Waals surface area contributed by atoms with Crippen LogP contribution in [0.1, 0.15) is 409 Å². The molecule has 0 rings (SSSR count). The topological polar surface area (TPSA) is 237 Å². The highest BCUT2D eigenvalue weighted by Crippen LogP contribution is 2.45. The summed E-state index contributed by atoms with van der Waals surface area (Å²) in [4.78, 5) is 72.9. The van der Waals surface area contributed by atoms with Crippen molar-refractivity contribution in [3.63, 3.8) is 0 Å². The molecule has 0 amide bonds. The Hall–Kier alpha value is -1.94. The number of aliphatic hydroxyl groups excluding tert-OH is 1. The number of carbonyl (C=O) groups is 4. The van der Waals surface area contributed by atoms with Gasteiger partial charge < -0.3 is 33.8 Å². The van der Waals surface area contributed by atoms with Crippen LogP contribution in [0.4, 0.5) is 0 Å². The zero-order valence-corrected chi connectivity index (χ0v) is 66.9. The van der Waals surface area contributed by atoms with Gasteiger partial charge in [-0.15, -0.1) is 0 Å². The number of carbonyl (C=O) groups excluding carboxylic acids is 4. The molecule has 5 atom stereocenters. The second kappa shape index (κ2) is 69.1. The summed E-state index contributed by atoms with van der Waals surface area (Å²) in [7, 11) is -9.92. The third-order valence-electron chi connectivity index (χ3n) is 18.6. The lowest BCUT2D eigenvalue weighted by Crippen LogP contribution is -2.30. The molecular weight excluding hydrogens is 1290 g/mol. The van der Waals surface area contributed by atoms with Crippen molar-refractivity contribution < 1.29 is 80.2 Å². The predicted molar refractivity (Wildman–Crippen MR) is 404 cm³/mol. The van der Waals surface area contributed by atoms with Crippen LogP contribution < -0.4 is 0 Å². The zero-order chi connectivity index (χ0) is 73.1. The minimum atomic E-state index is -4.96. The molecule has 3 N–H and O–H groups in total. The number of phosphoric ester groups is 2. The van der Waals surface area contributed by atoms with E-state index < -0.39 is 97.5 Å². The van der Waals surface area contributed by atoms with Crippen molar-refractivity contribution in [1.29, 1.82) is 0 Å². The Labute approximate surface area is 607 Å². The van der Waals surface area contributed by atoms with Crippen LogP contribution in [0.2, 0.25) is 0 Å². The third-order valence-corrected chi connectivity index (χ3v) is 20.5. The van der Waals surface area contributed by atoms with Gasteiger partial charge in [-0.05, 0) is 49.4 Å². The summed E-state index contributed by atoms with van der Waals surface area (Å²) in [5, 5.41) is 10.6. The molecule has 99 heavy (non-hydrogen) atoms.